The number of hydrogen-bond donors (Lipinski definition) is 0. The number of ether oxygens (including phenoxy) is 4. The Morgan fingerprint density at radius 1 is 1.14 bits per heavy atom. The lowest BCUT2D eigenvalue weighted by atomic mass is 10.1. The first kappa shape index (κ1) is 20.9. The van der Waals surface area contributed by atoms with E-state index in [0.29, 0.717) is 22.6 Å². The normalized spacial score (nSPS) is 15.9. The number of hydrogen-bond acceptors (Lipinski definition) is 6. The summed E-state index contributed by atoms with van der Waals surface area (Å²) in [4.78, 5) is 25.0. The molecular weight excluding hydrogens is 374 g/mol. The summed E-state index contributed by atoms with van der Waals surface area (Å²) < 4.78 is 23.4. The van der Waals surface area contributed by atoms with Crippen LogP contribution in [0.3, 0.4) is 0 Å². The molecule has 156 valence electrons. The molecule has 2 heterocycles. The Hall–Kier alpha value is -2.80. The highest BCUT2D eigenvalue weighted by atomic mass is 16.5. The first-order chi connectivity index (χ1) is 13.9. The van der Waals surface area contributed by atoms with Gasteiger partial charge < -0.3 is 23.5 Å². The second-order valence-electron chi connectivity index (χ2n) is 7.10. The monoisotopic (exact) mass is 401 g/mol. The minimum absolute atomic E-state index is 0.186. The average Bonchev–Trinajstić information content (AvgIpc) is 3.35. The van der Waals surface area contributed by atoms with Crippen LogP contribution in [0.2, 0.25) is 0 Å². The van der Waals surface area contributed by atoms with E-state index in [-0.39, 0.29) is 18.5 Å². The van der Waals surface area contributed by atoms with Crippen molar-refractivity contribution in [1.82, 2.24) is 4.57 Å². The molecule has 0 amide bonds. The predicted octanol–water partition coefficient (Wildman–Crippen LogP) is 3.34. The van der Waals surface area contributed by atoms with E-state index in [1.165, 1.54) is 20.3 Å². The van der Waals surface area contributed by atoms with E-state index in [2.05, 4.69) is 4.57 Å². The van der Waals surface area contributed by atoms with Crippen molar-refractivity contribution in [2.24, 2.45) is 0 Å². The summed E-state index contributed by atoms with van der Waals surface area (Å²) in [5, 5.41) is 0. The zero-order valence-corrected chi connectivity index (χ0v) is 17.3. The third-order valence-corrected chi connectivity index (χ3v) is 5.24. The molecule has 0 bridgehead atoms. The zero-order valence-electron chi connectivity index (χ0n) is 17.3. The molecule has 0 saturated carbocycles. The van der Waals surface area contributed by atoms with Crippen LogP contribution in [0, 0.1) is 13.8 Å². The Labute approximate surface area is 170 Å². The molecule has 1 aliphatic heterocycles. The summed E-state index contributed by atoms with van der Waals surface area (Å²) in [5.74, 6) is 0.114. The van der Waals surface area contributed by atoms with E-state index in [1.807, 2.05) is 19.9 Å². The number of carbonyl (C=O) groups is 2. The van der Waals surface area contributed by atoms with Gasteiger partial charge in [-0.3, -0.25) is 4.79 Å². The van der Waals surface area contributed by atoms with Gasteiger partial charge in [0.1, 0.15) is 0 Å². The number of Topliss-reactive ketones (excluding diaryl/α,β-unsaturated/α-hetero) is 1. The number of methoxy groups -OCH3 is 2. The molecule has 1 aromatic heterocycles. The van der Waals surface area contributed by atoms with E-state index in [9.17, 15) is 9.59 Å². The van der Waals surface area contributed by atoms with Gasteiger partial charge in [0.2, 0.25) is 5.78 Å². The van der Waals surface area contributed by atoms with E-state index < -0.39 is 5.97 Å². The second kappa shape index (κ2) is 9.13. The van der Waals surface area contributed by atoms with E-state index >= 15 is 0 Å². The Morgan fingerprint density at radius 2 is 1.90 bits per heavy atom. The predicted molar refractivity (Wildman–Crippen MR) is 107 cm³/mol. The van der Waals surface area contributed by atoms with Crippen molar-refractivity contribution in [2.45, 2.75) is 39.3 Å². The molecule has 2 aromatic rings. The fourth-order valence-corrected chi connectivity index (χ4v) is 3.61. The molecular formula is C22H27NO6. The summed E-state index contributed by atoms with van der Waals surface area (Å²) in [5.41, 5.74) is 2.72. The quantitative estimate of drug-likeness (QED) is 0.499. The van der Waals surface area contributed by atoms with Gasteiger partial charge in [-0.15, -0.1) is 0 Å². The van der Waals surface area contributed by atoms with Crippen LogP contribution in [0.5, 0.6) is 11.5 Å². The fraction of sp³-hybridized carbons (Fsp3) is 0.455. The smallest absolute Gasteiger partial charge is 0.338 e. The van der Waals surface area contributed by atoms with E-state index in [0.717, 1.165) is 37.4 Å². The molecule has 3 rings (SSSR count). The van der Waals surface area contributed by atoms with Crippen molar-refractivity contribution in [1.29, 1.82) is 0 Å². The van der Waals surface area contributed by atoms with E-state index in [4.69, 9.17) is 18.9 Å². The third kappa shape index (κ3) is 4.62. The van der Waals surface area contributed by atoms with Crippen LogP contribution in [0.15, 0.2) is 24.3 Å². The highest BCUT2D eigenvalue weighted by Gasteiger charge is 2.22. The van der Waals surface area contributed by atoms with Crippen molar-refractivity contribution in [2.75, 3.05) is 27.4 Å². The van der Waals surface area contributed by atoms with Crippen LogP contribution >= 0.6 is 0 Å². The molecule has 0 radical (unpaired) electrons. The molecule has 1 saturated heterocycles. The van der Waals surface area contributed by atoms with Crippen molar-refractivity contribution >= 4 is 11.8 Å². The minimum Gasteiger partial charge on any atom is -0.493 e. The second-order valence-corrected chi connectivity index (χ2v) is 7.10. The lowest BCUT2D eigenvalue weighted by Crippen LogP contribution is -2.18. The maximum absolute atomic E-state index is 12.7. The van der Waals surface area contributed by atoms with Crippen LogP contribution in [0.1, 0.15) is 44.9 Å². The van der Waals surface area contributed by atoms with E-state index in [1.54, 1.807) is 12.1 Å². The molecule has 0 N–H and O–H groups in total. The van der Waals surface area contributed by atoms with Gasteiger partial charge in [-0.25, -0.2) is 4.79 Å². The number of benzene rings is 1. The van der Waals surface area contributed by atoms with Crippen LogP contribution in [0.25, 0.3) is 0 Å². The molecule has 0 aliphatic carbocycles. The Morgan fingerprint density at radius 3 is 2.55 bits per heavy atom. The largest absolute Gasteiger partial charge is 0.493 e. The maximum atomic E-state index is 12.7. The highest BCUT2D eigenvalue weighted by Crippen LogP contribution is 2.28. The summed E-state index contributed by atoms with van der Waals surface area (Å²) in [6.45, 7) is 5.08. The highest BCUT2D eigenvalue weighted by molar-refractivity contribution is 6.00. The Bertz CT molecular complexity index is 895. The Kier molecular flexibility index (Phi) is 6.59. The summed E-state index contributed by atoms with van der Waals surface area (Å²) in [7, 11) is 3.01. The fourth-order valence-electron chi connectivity index (χ4n) is 3.61. The molecule has 7 heteroatoms. The maximum Gasteiger partial charge on any atom is 0.338 e. The average molecular weight is 401 g/mol. The number of esters is 1. The molecule has 1 aliphatic rings. The number of carbonyl (C=O) groups excluding carboxylic acids is 2. The minimum atomic E-state index is -0.590. The molecule has 1 atom stereocenters. The zero-order chi connectivity index (χ0) is 21.0. The SMILES string of the molecule is COc1ccc(C(=O)OCC(=O)c2cc(C)n(C[C@@H]3CCCO3)c2C)cc1OC. The van der Waals surface area contributed by atoms with Crippen LogP contribution in [-0.2, 0) is 16.0 Å². The number of aryl methyl sites for hydroxylation is 1. The molecule has 0 spiro atoms. The number of aromatic nitrogens is 1. The third-order valence-electron chi connectivity index (χ3n) is 5.24. The molecule has 1 fully saturated rings. The summed E-state index contributed by atoms with van der Waals surface area (Å²) >= 11 is 0. The number of rotatable bonds is 8. The van der Waals surface area contributed by atoms with Crippen LogP contribution in [-0.4, -0.2) is 49.9 Å². The number of ketones is 1. The lowest BCUT2D eigenvalue weighted by Gasteiger charge is -2.14. The molecule has 29 heavy (non-hydrogen) atoms. The van der Waals surface area contributed by atoms with Gasteiger partial charge in [0.05, 0.1) is 25.9 Å². The van der Waals surface area contributed by atoms with Gasteiger partial charge in [-0.1, -0.05) is 0 Å². The van der Waals surface area contributed by atoms with Gasteiger partial charge in [0.25, 0.3) is 0 Å². The van der Waals surface area contributed by atoms with Gasteiger partial charge >= 0.3 is 5.97 Å². The molecule has 1 aromatic carbocycles. The van der Waals surface area contributed by atoms with Crippen molar-refractivity contribution in [3.63, 3.8) is 0 Å². The summed E-state index contributed by atoms with van der Waals surface area (Å²) in [6.07, 6.45) is 2.29. The molecule has 0 unspecified atom stereocenters. The molecule has 7 nitrogen and oxygen atoms in total. The Balaban J connectivity index is 1.65. The van der Waals surface area contributed by atoms with Gasteiger partial charge in [0, 0.05) is 30.1 Å². The van der Waals surface area contributed by atoms with Crippen LogP contribution in [0.4, 0.5) is 0 Å². The first-order valence-electron chi connectivity index (χ1n) is 9.65. The van der Waals surface area contributed by atoms with Crippen molar-refractivity contribution in [3.05, 3.63) is 46.8 Å². The standard InChI is InChI=1S/C22H27NO6/c1-14-10-18(15(2)23(14)12-17-6-5-9-28-17)19(24)13-29-22(25)16-7-8-20(26-3)21(11-16)27-4/h7-8,10-11,17H,5-6,9,12-13H2,1-4H3/t17-/m0/s1. The first-order valence-corrected chi connectivity index (χ1v) is 9.65. The van der Waals surface area contributed by atoms with Gasteiger partial charge in [-0.05, 0) is 51.0 Å². The van der Waals surface area contributed by atoms with Gasteiger partial charge in [0.15, 0.2) is 18.1 Å². The van der Waals surface area contributed by atoms with Crippen LogP contribution < -0.4 is 9.47 Å². The van der Waals surface area contributed by atoms with Crippen molar-refractivity contribution < 1.29 is 28.5 Å². The van der Waals surface area contributed by atoms with Gasteiger partial charge in [-0.2, -0.15) is 0 Å². The topological polar surface area (TPSA) is 76.0 Å². The van der Waals surface area contributed by atoms with Crippen molar-refractivity contribution in [3.8, 4) is 11.5 Å². The summed E-state index contributed by atoms with van der Waals surface area (Å²) in [6, 6.07) is 6.56. The number of nitrogens with zero attached hydrogens (tertiary/aromatic N) is 1. The lowest BCUT2D eigenvalue weighted by molar-refractivity contribution is 0.0474.